The molecule has 0 saturated heterocycles. The molecule has 1 atom stereocenters. The van der Waals surface area contributed by atoms with Crippen molar-refractivity contribution in [3.63, 3.8) is 0 Å². The first-order valence-corrected chi connectivity index (χ1v) is 6.63. The van der Waals surface area contributed by atoms with Crippen LogP contribution in [-0.2, 0) is 0 Å². The van der Waals surface area contributed by atoms with Crippen molar-refractivity contribution in [1.29, 1.82) is 0 Å². The molecule has 1 aromatic heterocycles. The molecule has 3 N–H and O–H groups in total. The predicted molar refractivity (Wildman–Crippen MR) is 83.6 cm³/mol. The SMILES string of the molecule is CC(Nc1cccc(Cl)c1C(N)=S)c1ccncc1. The lowest BCUT2D eigenvalue weighted by atomic mass is 10.1. The molecule has 0 amide bonds. The Hall–Kier alpha value is -1.65. The summed E-state index contributed by atoms with van der Waals surface area (Å²) in [6.45, 7) is 2.06. The minimum atomic E-state index is 0.106. The van der Waals surface area contributed by atoms with Gasteiger partial charge in [0.25, 0.3) is 0 Å². The Kier molecular flexibility index (Phi) is 4.35. The Morgan fingerprint density at radius 3 is 2.63 bits per heavy atom. The van der Waals surface area contributed by atoms with E-state index in [4.69, 9.17) is 29.6 Å². The quantitative estimate of drug-likeness (QED) is 0.846. The number of anilines is 1. The summed E-state index contributed by atoms with van der Waals surface area (Å²) in [5, 5.41) is 3.92. The smallest absolute Gasteiger partial charge is 0.107 e. The first-order chi connectivity index (χ1) is 9.09. The van der Waals surface area contributed by atoms with Gasteiger partial charge in [-0.3, -0.25) is 4.98 Å². The van der Waals surface area contributed by atoms with Crippen molar-refractivity contribution in [2.24, 2.45) is 5.73 Å². The Balaban J connectivity index is 2.29. The van der Waals surface area contributed by atoms with Gasteiger partial charge in [-0.05, 0) is 36.8 Å². The van der Waals surface area contributed by atoms with Crippen LogP contribution in [0.25, 0.3) is 0 Å². The zero-order valence-electron chi connectivity index (χ0n) is 10.4. The summed E-state index contributed by atoms with van der Waals surface area (Å²) < 4.78 is 0. The Morgan fingerprint density at radius 2 is 2.00 bits per heavy atom. The topological polar surface area (TPSA) is 50.9 Å². The molecule has 0 aliphatic rings. The Bertz CT molecular complexity index is 586. The number of aromatic nitrogens is 1. The average molecular weight is 292 g/mol. The normalized spacial score (nSPS) is 11.9. The van der Waals surface area contributed by atoms with Gasteiger partial charge in [-0.15, -0.1) is 0 Å². The van der Waals surface area contributed by atoms with Crippen molar-refractivity contribution in [2.75, 3.05) is 5.32 Å². The number of rotatable bonds is 4. The number of nitrogens with zero attached hydrogens (tertiary/aromatic N) is 1. The molecule has 98 valence electrons. The molecule has 1 heterocycles. The van der Waals surface area contributed by atoms with Gasteiger partial charge in [0.05, 0.1) is 10.6 Å². The summed E-state index contributed by atoms with van der Waals surface area (Å²) in [6, 6.07) is 9.59. The van der Waals surface area contributed by atoms with Crippen molar-refractivity contribution in [3.8, 4) is 0 Å². The van der Waals surface area contributed by atoms with E-state index in [1.807, 2.05) is 24.3 Å². The molecule has 0 spiro atoms. The fourth-order valence-electron chi connectivity index (χ4n) is 1.86. The van der Waals surface area contributed by atoms with E-state index in [1.54, 1.807) is 18.5 Å². The first-order valence-electron chi connectivity index (χ1n) is 5.84. The molecule has 2 aromatic rings. The molecule has 0 radical (unpaired) electrons. The minimum Gasteiger partial charge on any atom is -0.389 e. The highest BCUT2D eigenvalue weighted by Gasteiger charge is 2.12. The molecule has 0 aliphatic carbocycles. The van der Waals surface area contributed by atoms with Gasteiger partial charge < -0.3 is 11.1 Å². The van der Waals surface area contributed by atoms with Crippen molar-refractivity contribution < 1.29 is 0 Å². The zero-order valence-corrected chi connectivity index (χ0v) is 12.0. The van der Waals surface area contributed by atoms with E-state index in [9.17, 15) is 0 Å². The molecule has 1 aromatic carbocycles. The summed E-state index contributed by atoms with van der Waals surface area (Å²) in [7, 11) is 0. The van der Waals surface area contributed by atoms with Gasteiger partial charge in [0, 0.05) is 24.1 Å². The number of hydrogen-bond donors (Lipinski definition) is 2. The van der Waals surface area contributed by atoms with Crippen LogP contribution in [0.4, 0.5) is 5.69 Å². The highest BCUT2D eigenvalue weighted by Crippen LogP contribution is 2.27. The molecule has 0 fully saturated rings. The molecule has 2 rings (SSSR count). The number of pyridine rings is 1. The number of benzene rings is 1. The Morgan fingerprint density at radius 1 is 1.32 bits per heavy atom. The van der Waals surface area contributed by atoms with Gasteiger partial charge >= 0.3 is 0 Å². The lowest BCUT2D eigenvalue weighted by Gasteiger charge is -2.18. The van der Waals surface area contributed by atoms with Crippen molar-refractivity contribution in [2.45, 2.75) is 13.0 Å². The highest BCUT2D eigenvalue weighted by molar-refractivity contribution is 7.80. The number of halogens is 1. The molecular weight excluding hydrogens is 278 g/mol. The van der Waals surface area contributed by atoms with Crippen LogP contribution < -0.4 is 11.1 Å². The van der Waals surface area contributed by atoms with Crippen molar-refractivity contribution in [1.82, 2.24) is 4.98 Å². The summed E-state index contributed by atoms with van der Waals surface area (Å²) in [5.74, 6) is 0. The molecule has 0 saturated carbocycles. The number of nitrogens with one attached hydrogen (secondary N) is 1. The average Bonchev–Trinajstić information content (AvgIpc) is 2.39. The maximum Gasteiger partial charge on any atom is 0.107 e. The molecular formula is C14H14ClN3S. The lowest BCUT2D eigenvalue weighted by Crippen LogP contribution is -2.15. The van der Waals surface area contributed by atoms with E-state index in [0.717, 1.165) is 11.3 Å². The zero-order chi connectivity index (χ0) is 13.8. The molecule has 3 nitrogen and oxygen atoms in total. The maximum absolute atomic E-state index is 6.14. The van der Waals surface area contributed by atoms with Crippen molar-refractivity contribution >= 4 is 34.5 Å². The van der Waals surface area contributed by atoms with E-state index in [0.29, 0.717) is 10.6 Å². The second-order valence-electron chi connectivity index (χ2n) is 4.17. The van der Waals surface area contributed by atoms with Crippen LogP contribution in [0.3, 0.4) is 0 Å². The largest absolute Gasteiger partial charge is 0.389 e. The third-order valence-corrected chi connectivity index (χ3v) is 3.36. The minimum absolute atomic E-state index is 0.106. The lowest BCUT2D eigenvalue weighted by molar-refractivity contribution is 0.880. The van der Waals surface area contributed by atoms with Gasteiger partial charge in [-0.2, -0.15) is 0 Å². The highest BCUT2D eigenvalue weighted by atomic mass is 35.5. The number of hydrogen-bond acceptors (Lipinski definition) is 3. The second kappa shape index (κ2) is 5.99. The van der Waals surface area contributed by atoms with Crippen LogP contribution in [-0.4, -0.2) is 9.97 Å². The molecule has 1 unspecified atom stereocenters. The van der Waals surface area contributed by atoms with Gasteiger partial charge in [0.15, 0.2) is 0 Å². The maximum atomic E-state index is 6.14. The molecule has 19 heavy (non-hydrogen) atoms. The fraction of sp³-hybridized carbons (Fsp3) is 0.143. The van der Waals surface area contributed by atoms with Crippen molar-refractivity contribution in [3.05, 3.63) is 58.9 Å². The van der Waals surface area contributed by atoms with Crippen LogP contribution in [0, 0.1) is 0 Å². The van der Waals surface area contributed by atoms with E-state index in [2.05, 4.69) is 17.2 Å². The van der Waals surface area contributed by atoms with Crippen LogP contribution in [0.15, 0.2) is 42.7 Å². The van der Waals surface area contributed by atoms with Crippen LogP contribution in [0.1, 0.15) is 24.1 Å². The van der Waals surface area contributed by atoms with Gasteiger partial charge in [-0.25, -0.2) is 0 Å². The van der Waals surface area contributed by atoms with Crippen LogP contribution >= 0.6 is 23.8 Å². The molecule has 0 bridgehead atoms. The summed E-state index contributed by atoms with van der Waals surface area (Å²) in [5.41, 5.74) is 8.37. The van der Waals surface area contributed by atoms with E-state index in [1.165, 1.54) is 0 Å². The van der Waals surface area contributed by atoms with Gasteiger partial charge in [0.2, 0.25) is 0 Å². The van der Waals surface area contributed by atoms with Gasteiger partial charge in [0.1, 0.15) is 4.99 Å². The van der Waals surface area contributed by atoms with Crippen LogP contribution in [0.5, 0.6) is 0 Å². The number of thiocarbonyl (C=S) groups is 1. The van der Waals surface area contributed by atoms with E-state index in [-0.39, 0.29) is 11.0 Å². The Labute approximate surface area is 122 Å². The van der Waals surface area contributed by atoms with E-state index >= 15 is 0 Å². The summed E-state index contributed by atoms with van der Waals surface area (Å²) >= 11 is 11.2. The fourth-order valence-corrected chi connectivity index (χ4v) is 2.42. The first kappa shape index (κ1) is 13.8. The summed E-state index contributed by atoms with van der Waals surface area (Å²) in [4.78, 5) is 4.29. The molecule has 0 aliphatic heterocycles. The third kappa shape index (κ3) is 3.22. The van der Waals surface area contributed by atoms with Crippen LogP contribution in [0.2, 0.25) is 5.02 Å². The number of nitrogens with two attached hydrogens (primary N) is 1. The predicted octanol–water partition coefficient (Wildman–Crippen LogP) is 3.54. The molecule has 5 heteroatoms. The monoisotopic (exact) mass is 291 g/mol. The summed E-state index contributed by atoms with van der Waals surface area (Å²) in [6.07, 6.45) is 3.53. The standard InChI is InChI=1S/C14H14ClN3S/c1-9(10-5-7-17-8-6-10)18-12-4-2-3-11(15)13(12)14(16)19/h2-9,18H,1H3,(H2,16,19). The second-order valence-corrected chi connectivity index (χ2v) is 5.02. The third-order valence-electron chi connectivity index (χ3n) is 2.84. The van der Waals surface area contributed by atoms with Gasteiger partial charge in [-0.1, -0.05) is 29.9 Å². The van der Waals surface area contributed by atoms with E-state index < -0.39 is 0 Å².